The minimum absolute atomic E-state index is 0.149. The van der Waals surface area contributed by atoms with E-state index in [1.807, 2.05) is 50.2 Å². The van der Waals surface area contributed by atoms with Crippen LogP contribution in [0.25, 0.3) is 0 Å². The Morgan fingerprint density at radius 2 is 1.31 bits per heavy atom. The first-order chi connectivity index (χ1) is 16.9. The summed E-state index contributed by atoms with van der Waals surface area (Å²) in [6, 6.07) is 19.1. The van der Waals surface area contributed by atoms with Crippen molar-refractivity contribution in [2.45, 2.75) is 78.4 Å². The number of nitrogens with one attached hydrogen (secondary N) is 2. The van der Waals surface area contributed by atoms with Gasteiger partial charge in [0.25, 0.3) is 8.32 Å². The second-order valence-corrected chi connectivity index (χ2v) is 15.7. The molecule has 2 amide bonds. The lowest BCUT2D eigenvalue weighted by molar-refractivity contribution is -0.139. The van der Waals surface area contributed by atoms with Gasteiger partial charge in [-0.25, -0.2) is 9.59 Å². The quantitative estimate of drug-likeness (QED) is 0.357. The zero-order valence-corrected chi connectivity index (χ0v) is 23.9. The zero-order valence-electron chi connectivity index (χ0n) is 22.9. The summed E-state index contributed by atoms with van der Waals surface area (Å²) in [5.41, 5.74) is 0. The van der Waals surface area contributed by atoms with E-state index < -0.39 is 26.4 Å². The summed E-state index contributed by atoms with van der Waals surface area (Å²) >= 11 is 0. The van der Waals surface area contributed by atoms with E-state index in [0.717, 1.165) is 0 Å². The summed E-state index contributed by atoms with van der Waals surface area (Å²) in [6.45, 7) is 15.1. The Balaban J connectivity index is 2.36. The first-order valence-corrected chi connectivity index (χ1v) is 14.8. The molecule has 2 aromatic rings. The van der Waals surface area contributed by atoms with Gasteiger partial charge in [-0.15, -0.1) is 0 Å². The highest BCUT2D eigenvalue weighted by atomic mass is 28.4. The van der Waals surface area contributed by atoms with Gasteiger partial charge in [0.05, 0.1) is 12.6 Å². The fourth-order valence-electron chi connectivity index (χ4n) is 4.80. The summed E-state index contributed by atoms with van der Waals surface area (Å²) in [4.78, 5) is 24.5. The minimum Gasteiger partial charge on any atom is -0.480 e. The van der Waals surface area contributed by atoms with Crippen molar-refractivity contribution in [1.29, 1.82) is 0 Å². The molecule has 0 bridgehead atoms. The number of hydrogen-bond acceptors (Lipinski definition) is 3. The molecular weight excluding hydrogens is 468 g/mol. The fraction of sp³-hybridized carbons (Fsp3) is 0.517. The standard InChI is InChI=1S/C29H44N2O4Si/c1-21(2)18-23(30-28(34)31-26(27(32)33)19-22(3)4)20-35-36(29(5,6)7,24-14-10-8-11-15-24)25-16-12-9-13-17-25/h8-17,21-23,26H,18-20H2,1-7H3,(H,32,33)(H2,30,31,34)/t23-,26-/m0/s1. The third kappa shape index (κ3) is 7.93. The maximum Gasteiger partial charge on any atom is 0.326 e. The Labute approximate surface area is 218 Å². The molecule has 7 heteroatoms. The molecule has 2 rings (SSSR count). The maximum atomic E-state index is 12.9. The van der Waals surface area contributed by atoms with Crippen LogP contribution in [0.1, 0.15) is 61.3 Å². The van der Waals surface area contributed by atoms with E-state index >= 15 is 0 Å². The molecule has 0 aliphatic rings. The second-order valence-electron chi connectivity index (χ2n) is 11.4. The minimum atomic E-state index is -2.75. The molecule has 2 atom stereocenters. The van der Waals surface area contributed by atoms with Crippen molar-refractivity contribution in [1.82, 2.24) is 10.6 Å². The number of amides is 2. The van der Waals surface area contributed by atoms with Crippen molar-refractivity contribution in [2.24, 2.45) is 11.8 Å². The van der Waals surface area contributed by atoms with Crippen LogP contribution in [0.15, 0.2) is 60.7 Å². The topological polar surface area (TPSA) is 87.7 Å². The van der Waals surface area contributed by atoms with Crippen molar-refractivity contribution >= 4 is 30.7 Å². The molecule has 0 aromatic heterocycles. The maximum absolute atomic E-state index is 12.9. The highest BCUT2D eigenvalue weighted by Crippen LogP contribution is 2.37. The van der Waals surface area contributed by atoms with Crippen LogP contribution in [-0.2, 0) is 9.22 Å². The van der Waals surface area contributed by atoms with Gasteiger partial charge in [-0.2, -0.15) is 0 Å². The lowest BCUT2D eigenvalue weighted by Crippen LogP contribution is -2.67. The largest absolute Gasteiger partial charge is 0.480 e. The van der Waals surface area contributed by atoms with Gasteiger partial charge in [0.15, 0.2) is 0 Å². The van der Waals surface area contributed by atoms with Crippen LogP contribution >= 0.6 is 0 Å². The number of carbonyl (C=O) groups is 2. The van der Waals surface area contributed by atoms with Crippen LogP contribution in [0, 0.1) is 11.8 Å². The van der Waals surface area contributed by atoms with E-state index in [0.29, 0.717) is 25.4 Å². The van der Waals surface area contributed by atoms with Crippen LogP contribution in [0.2, 0.25) is 5.04 Å². The molecular formula is C29H44N2O4Si. The lowest BCUT2D eigenvalue weighted by Gasteiger charge is -2.43. The van der Waals surface area contributed by atoms with Gasteiger partial charge in [-0.1, -0.05) is 109 Å². The van der Waals surface area contributed by atoms with Crippen molar-refractivity contribution in [3.63, 3.8) is 0 Å². The van der Waals surface area contributed by atoms with Gasteiger partial charge in [0.2, 0.25) is 0 Å². The number of urea groups is 1. The van der Waals surface area contributed by atoms with Crippen LogP contribution in [0.3, 0.4) is 0 Å². The van der Waals surface area contributed by atoms with Gasteiger partial charge in [-0.05, 0) is 40.1 Å². The normalized spacial score (nSPS) is 13.9. The Morgan fingerprint density at radius 1 is 0.833 bits per heavy atom. The average molecular weight is 513 g/mol. The van der Waals surface area contributed by atoms with Crippen molar-refractivity contribution in [3.8, 4) is 0 Å². The highest BCUT2D eigenvalue weighted by Gasteiger charge is 2.50. The second kappa shape index (κ2) is 13.1. The zero-order chi connectivity index (χ0) is 26.9. The third-order valence-electron chi connectivity index (χ3n) is 6.32. The SMILES string of the molecule is CC(C)C[C@@H](CO[Si](c1ccccc1)(c1ccccc1)C(C)(C)C)NC(=O)N[C@@H](CC(C)C)C(=O)O. The summed E-state index contributed by atoms with van der Waals surface area (Å²) in [6.07, 6.45) is 1.09. The number of aliphatic carboxylic acids is 1. The molecule has 0 saturated carbocycles. The van der Waals surface area contributed by atoms with Gasteiger partial charge in [-0.3, -0.25) is 0 Å². The summed E-state index contributed by atoms with van der Waals surface area (Å²) in [7, 11) is -2.75. The van der Waals surface area contributed by atoms with E-state index in [1.54, 1.807) is 0 Å². The number of hydrogen-bond donors (Lipinski definition) is 3. The van der Waals surface area contributed by atoms with Gasteiger partial charge >= 0.3 is 12.0 Å². The van der Waals surface area contributed by atoms with Gasteiger partial charge in [0, 0.05) is 0 Å². The molecule has 0 saturated heterocycles. The molecule has 3 N–H and O–H groups in total. The lowest BCUT2D eigenvalue weighted by atomic mass is 10.0. The van der Waals surface area contributed by atoms with Crippen LogP contribution in [0.4, 0.5) is 4.79 Å². The molecule has 0 aliphatic heterocycles. The molecule has 0 fully saturated rings. The molecule has 0 spiro atoms. The number of carboxylic acids is 1. The fourth-order valence-corrected chi connectivity index (χ4v) is 9.41. The summed E-state index contributed by atoms with van der Waals surface area (Å²) < 4.78 is 7.03. The molecule has 0 aliphatic carbocycles. The average Bonchev–Trinajstić information content (AvgIpc) is 2.78. The summed E-state index contributed by atoms with van der Waals surface area (Å²) in [5, 5.41) is 17.4. The molecule has 0 unspecified atom stereocenters. The number of carbonyl (C=O) groups excluding carboxylic acids is 1. The van der Waals surface area contributed by atoms with Crippen LogP contribution < -0.4 is 21.0 Å². The number of carboxylic acid groups (broad SMARTS) is 1. The molecule has 0 radical (unpaired) electrons. The number of benzene rings is 2. The van der Waals surface area contributed by atoms with Crippen LogP contribution in [-0.4, -0.2) is 44.1 Å². The summed E-state index contributed by atoms with van der Waals surface area (Å²) in [5.74, 6) is -0.553. The molecule has 0 heterocycles. The van der Waals surface area contributed by atoms with E-state index in [4.69, 9.17) is 4.43 Å². The number of rotatable bonds is 12. The Hall–Kier alpha value is -2.64. The molecule has 198 valence electrons. The predicted octanol–water partition coefficient (Wildman–Crippen LogP) is 4.78. The third-order valence-corrected chi connectivity index (χ3v) is 11.3. The molecule has 2 aromatic carbocycles. The van der Waals surface area contributed by atoms with E-state index in [-0.39, 0.29) is 17.0 Å². The Morgan fingerprint density at radius 3 is 1.69 bits per heavy atom. The van der Waals surface area contributed by atoms with Crippen molar-refractivity contribution < 1.29 is 19.1 Å². The van der Waals surface area contributed by atoms with Gasteiger partial charge in [0.1, 0.15) is 6.04 Å². The smallest absolute Gasteiger partial charge is 0.326 e. The predicted molar refractivity (Wildman–Crippen MR) is 149 cm³/mol. The monoisotopic (exact) mass is 512 g/mol. The molecule has 36 heavy (non-hydrogen) atoms. The highest BCUT2D eigenvalue weighted by molar-refractivity contribution is 6.99. The first-order valence-electron chi connectivity index (χ1n) is 12.9. The Bertz CT molecular complexity index is 919. The molecule has 6 nitrogen and oxygen atoms in total. The van der Waals surface area contributed by atoms with E-state index in [2.05, 4.69) is 69.5 Å². The van der Waals surface area contributed by atoms with E-state index in [9.17, 15) is 14.7 Å². The van der Waals surface area contributed by atoms with Gasteiger partial charge < -0.3 is 20.2 Å². The first kappa shape index (κ1) is 29.6. The van der Waals surface area contributed by atoms with Crippen molar-refractivity contribution in [2.75, 3.05) is 6.61 Å². The Kier molecular flexibility index (Phi) is 10.7. The van der Waals surface area contributed by atoms with Crippen molar-refractivity contribution in [3.05, 3.63) is 60.7 Å². The van der Waals surface area contributed by atoms with E-state index in [1.165, 1.54) is 10.4 Å². The van der Waals surface area contributed by atoms with Crippen LogP contribution in [0.5, 0.6) is 0 Å².